The molecule has 6 amide bonds. The maximum absolute atomic E-state index is 12.9. The van der Waals surface area contributed by atoms with Crippen LogP contribution in [0.4, 0.5) is 9.59 Å². The number of rotatable bonds is 48. The van der Waals surface area contributed by atoms with Crippen LogP contribution in [0.1, 0.15) is 435 Å². The number of nitrogens with one attached hydrogen (secondary N) is 4. The largest absolute Gasteiger partial charge is 0.352 e. The highest BCUT2D eigenvalue weighted by Gasteiger charge is 2.40. The van der Waals surface area contributed by atoms with Crippen LogP contribution in [0.3, 0.4) is 0 Å². The minimum absolute atomic E-state index is 0. The van der Waals surface area contributed by atoms with E-state index in [1.54, 1.807) is 13.8 Å². The van der Waals surface area contributed by atoms with Crippen molar-refractivity contribution in [2.75, 3.05) is 26.2 Å². The van der Waals surface area contributed by atoms with E-state index in [-0.39, 0.29) is 179 Å². The summed E-state index contributed by atoms with van der Waals surface area (Å²) in [6.07, 6.45) is 10.5. The molecule has 0 aliphatic heterocycles. The molecule has 0 spiro atoms. The number of hydrogen-bond acceptors (Lipinski definition) is 20. The number of hydrogen-bond donors (Lipinski definition) is 12. The van der Waals surface area contributed by atoms with Gasteiger partial charge in [-0.2, -0.15) is 0 Å². The second kappa shape index (κ2) is 78.5. The highest BCUT2D eigenvalue weighted by molar-refractivity contribution is 5.97. The molecule has 0 heterocycles. The minimum atomic E-state index is -0.585. The zero-order chi connectivity index (χ0) is 118. The van der Waals surface area contributed by atoms with Crippen molar-refractivity contribution in [3.05, 3.63) is 71.8 Å². The number of urea groups is 2. The molecule has 0 saturated carbocycles. The van der Waals surface area contributed by atoms with Crippen LogP contribution in [0.15, 0.2) is 60.7 Å². The average Bonchev–Trinajstić information content (AvgIpc) is 0.832. The first-order valence-electron chi connectivity index (χ1n) is 55.4. The van der Waals surface area contributed by atoms with Gasteiger partial charge in [-0.05, 0) is 159 Å². The fourth-order valence-corrected chi connectivity index (χ4v) is 14.7. The normalized spacial score (nSPS) is 14.2. The summed E-state index contributed by atoms with van der Waals surface area (Å²) >= 11 is 0. The Labute approximate surface area is 908 Å². The molecule has 0 aliphatic carbocycles. The summed E-state index contributed by atoms with van der Waals surface area (Å²) in [5.41, 5.74) is 44.3. The molecule has 0 radical (unpaired) electrons. The molecule has 26 heteroatoms. The fraction of sp³-hybridized carbons (Fsp3) is 0.787. The van der Waals surface area contributed by atoms with E-state index in [0.29, 0.717) is 77.5 Å². The Morgan fingerprint density at radius 1 is 0.291 bits per heavy atom. The smallest absolute Gasteiger partial charge is 0.312 e. The lowest BCUT2D eigenvalue weighted by Crippen LogP contribution is -2.49. The monoisotopic (exact) mass is 2090 g/mol. The molecule has 2 rings (SSSR count). The summed E-state index contributed by atoms with van der Waals surface area (Å²) in [5, 5.41) is 11.0. The van der Waals surface area contributed by atoms with E-state index >= 15 is 0 Å². The van der Waals surface area contributed by atoms with Gasteiger partial charge in [-0.3, -0.25) is 57.5 Å². The summed E-state index contributed by atoms with van der Waals surface area (Å²) in [6, 6.07) is 15.2. The Morgan fingerprint density at radius 3 is 0.709 bits per heavy atom. The van der Waals surface area contributed by atoms with E-state index in [1.807, 2.05) is 241 Å². The van der Waals surface area contributed by atoms with Crippen LogP contribution in [0, 0.1) is 126 Å². The lowest BCUT2D eigenvalue weighted by atomic mass is 9.78. The summed E-state index contributed by atoms with van der Waals surface area (Å²) in [7, 11) is 0. The van der Waals surface area contributed by atoms with Gasteiger partial charge in [0, 0.05) is 110 Å². The molecule has 0 fully saturated rings. The predicted octanol–water partition coefficient (Wildman–Crippen LogP) is 23.7. The van der Waals surface area contributed by atoms with Gasteiger partial charge >= 0.3 is 12.1 Å². The van der Waals surface area contributed by atoms with Crippen molar-refractivity contribution in [3.8, 4) is 0 Å². The van der Waals surface area contributed by atoms with Crippen molar-refractivity contribution in [3.63, 3.8) is 0 Å². The molecular formula is C122H236N12O14. The van der Waals surface area contributed by atoms with Crippen molar-refractivity contribution < 1.29 is 70.0 Å². The van der Waals surface area contributed by atoms with Crippen molar-refractivity contribution >= 4 is 81.7 Å². The van der Waals surface area contributed by atoms with Gasteiger partial charge in [0.05, 0.1) is 36.3 Å². The molecule has 2 aromatic carbocycles. The maximum atomic E-state index is 12.9. The van der Waals surface area contributed by atoms with Crippen molar-refractivity contribution in [1.29, 1.82) is 0 Å². The Morgan fingerprint density at radius 2 is 0.520 bits per heavy atom. The van der Waals surface area contributed by atoms with Gasteiger partial charge in [0.2, 0.25) is 11.8 Å². The number of carbonyl (C=O) groups excluding carboxylic acids is 14. The van der Waals surface area contributed by atoms with Gasteiger partial charge in [0.15, 0.2) is 23.1 Å². The van der Waals surface area contributed by atoms with Crippen LogP contribution in [0.5, 0.6) is 0 Å². The number of amides is 6. The molecule has 12 unspecified atom stereocenters. The quantitative estimate of drug-likeness (QED) is 0.0274. The third kappa shape index (κ3) is 85.9. The SMILES string of the molecule is CC(C)(C)C(=O)C(CCCCN)CC(=O)C(N)Cc1ccccc1.CC(C)(C)C(=O)C(CCCCN)CC(=O)C(N)Cc1ccccc1.CC(C)C.CC(C)C.CC(C)C.CC(C)C.CC(C)C(CC(C)(C)C)C(=O)NC(CCCNC(N)=O)C(=O)C(C)(C)C.CC(C)C(CC(C)(C)C)C(=O)NC(CCCNC(N)=O)C(=O)C(C)(C)C.CC(CC(=O)C(N)C(C)C)C(=O)C(C)(C)C.CC(CC(=O)C(N)C(C)C)C(=O)C(C)(C)C.[HH].[HH]. The molecule has 2 aromatic rings. The highest BCUT2D eigenvalue weighted by Crippen LogP contribution is 2.35. The van der Waals surface area contributed by atoms with E-state index in [2.05, 4.69) is 146 Å². The lowest BCUT2D eigenvalue weighted by Gasteiger charge is -2.31. The zero-order valence-electron chi connectivity index (χ0n) is 103. The molecule has 0 bridgehead atoms. The van der Waals surface area contributed by atoms with Gasteiger partial charge in [0.1, 0.15) is 34.7 Å². The minimum Gasteiger partial charge on any atom is -0.352 e. The van der Waals surface area contributed by atoms with Crippen LogP contribution in [0.25, 0.3) is 0 Å². The molecule has 148 heavy (non-hydrogen) atoms. The van der Waals surface area contributed by atoms with Crippen LogP contribution in [0.2, 0.25) is 0 Å². The number of primary amides is 2. The van der Waals surface area contributed by atoms with Gasteiger partial charge < -0.3 is 67.1 Å². The number of ketones is 10. The van der Waals surface area contributed by atoms with Gasteiger partial charge in [-0.25, -0.2) is 9.59 Å². The van der Waals surface area contributed by atoms with Crippen molar-refractivity contribution in [2.24, 2.45) is 172 Å². The third-order valence-electron chi connectivity index (χ3n) is 22.8. The number of carbonyl (C=O) groups is 14. The van der Waals surface area contributed by atoms with Crippen LogP contribution >= 0.6 is 0 Å². The second-order valence-corrected chi connectivity index (χ2v) is 53.4. The summed E-state index contributed by atoms with van der Waals surface area (Å²) in [6.45, 7) is 93.9. The Hall–Kier alpha value is -7.62. The van der Waals surface area contributed by atoms with Crippen LogP contribution in [-0.2, 0) is 70.4 Å². The summed E-state index contributed by atoms with van der Waals surface area (Å²) in [4.78, 5) is 171. The van der Waals surface area contributed by atoms with E-state index in [1.165, 1.54) is 0 Å². The average molecular weight is 2100 g/mol. The Balaban J connectivity index is -0.000000191. The highest BCUT2D eigenvalue weighted by atomic mass is 16.2. The molecule has 0 saturated heterocycles. The predicted molar refractivity (Wildman–Crippen MR) is 627 cm³/mol. The first kappa shape index (κ1) is 156. The summed E-state index contributed by atoms with van der Waals surface area (Å²) < 4.78 is 0. The van der Waals surface area contributed by atoms with Crippen LogP contribution in [-0.4, -0.2) is 144 Å². The number of nitrogens with two attached hydrogens (primary N) is 8. The van der Waals surface area contributed by atoms with E-state index < -0.39 is 70.0 Å². The number of benzene rings is 2. The van der Waals surface area contributed by atoms with Gasteiger partial charge in [0.25, 0.3) is 0 Å². The van der Waals surface area contributed by atoms with Crippen molar-refractivity contribution in [2.45, 2.75) is 470 Å². The molecule has 12 atom stereocenters. The number of unbranched alkanes of at least 4 members (excludes halogenated alkanes) is 2. The molecule has 26 nitrogen and oxygen atoms in total. The molecule has 20 N–H and O–H groups in total. The molecule has 0 aliphatic rings. The topological polar surface area (TPSA) is 495 Å². The first-order valence-corrected chi connectivity index (χ1v) is 55.4. The maximum Gasteiger partial charge on any atom is 0.312 e. The molecule has 868 valence electrons. The lowest BCUT2D eigenvalue weighted by molar-refractivity contribution is -0.135. The first-order chi connectivity index (χ1) is 66.9. The van der Waals surface area contributed by atoms with Crippen molar-refractivity contribution in [1.82, 2.24) is 21.3 Å². The van der Waals surface area contributed by atoms with Gasteiger partial charge in [-0.1, -0.05) is 392 Å². The van der Waals surface area contributed by atoms with Crippen LogP contribution < -0.4 is 67.1 Å². The van der Waals surface area contributed by atoms with E-state index in [0.717, 1.165) is 73.3 Å². The summed E-state index contributed by atoms with van der Waals surface area (Å²) in [5.74, 6) is 2.99. The van der Waals surface area contributed by atoms with Gasteiger partial charge in [-0.15, -0.1) is 0 Å². The number of Topliss-reactive ketones (excluding diaryl/α,β-unsaturated/α-hetero) is 10. The fourth-order valence-electron chi connectivity index (χ4n) is 14.7. The van der Waals surface area contributed by atoms with E-state index in [4.69, 9.17) is 45.9 Å². The molecular weight excluding hydrogens is 1860 g/mol. The second-order valence-electron chi connectivity index (χ2n) is 53.4. The molecule has 0 aromatic heterocycles. The Bertz CT molecular complexity index is 3740. The Kier molecular flexibility index (Phi) is 82.6. The standard InChI is InChI=1S/2C20H39N3O3.2C20H32N2O2.2C13H25NO2.4C4H10.2H2/c2*1-13(2)14(12-19(3,4)5)17(25)23-15(16(24)20(6,7)8)10-9-11-22-18(21)26;2*1-20(2,3)19(24)16(11-7-8-12-21)14-18(23)17(22)13-15-9-5-4-6-10-15;2*1-8(2)11(14)10(15)7-9(3)12(16)13(4,5)6;4*1-4(2)3;;/h2*13-15H,9-12H2,1-8H3,(H,23,25)(H3,21,22,26);2*4-6,9-10,16-17H,7-8,11-14,21-22H2,1-3H3;2*8-9,11H,7,14H2,1-6H3;4*4H,1-3H3;2*1H. The van der Waals surface area contributed by atoms with E-state index in [9.17, 15) is 67.1 Å². The third-order valence-corrected chi connectivity index (χ3v) is 22.8. The zero-order valence-corrected chi connectivity index (χ0v) is 103.